The van der Waals surface area contributed by atoms with E-state index in [0.29, 0.717) is 6.61 Å². The van der Waals surface area contributed by atoms with Crippen LogP contribution in [0.2, 0.25) is 0 Å². The molecule has 1 fully saturated rings. The van der Waals surface area contributed by atoms with Crippen molar-refractivity contribution in [3.05, 3.63) is 51.6 Å². The molecule has 2 aromatic rings. The lowest BCUT2D eigenvalue weighted by molar-refractivity contribution is -0.194. The molecule has 0 saturated carbocycles. The molecule has 3 aliphatic rings. The number of nitrogens with zero attached hydrogens (tertiary/aromatic N) is 2. The van der Waals surface area contributed by atoms with Gasteiger partial charge < -0.3 is 15.4 Å². The van der Waals surface area contributed by atoms with Crippen molar-refractivity contribution >= 4 is 5.69 Å². The van der Waals surface area contributed by atoms with Crippen LogP contribution in [0.4, 0.5) is 5.69 Å². The number of hydrogen-bond acceptors (Lipinski definition) is 6. The first-order chi connectivity index (χ1) is 14.8. The zero-order chi connectivity index (χ0) is 21.8. The lowest BCUT2D eigenvalue weighted by Crippen LogP contribution is -2.52. The van der Waals surface area contributed by atoms with Gasteiger partial charge in [0.2, 0.25) is 0 Å². The van der Waals surface area contributed by atoms with E-state index in [4.69, 9.17) is 20.2 Å². The van der Waals surface area contributed by atoms with E-state index in [9.17, 15) is 0 Å². The van der Waals surface area contributed by atoms with Gasteiger partial charge in [0.25, 0.3) is 0 Å². The highest BCUT2D eigenvalue weighted by molar-refractivity contribution is 5.66. The monoisotopic (exact) mass is 423 g/mol. The molecule has 0 aliphatic carbocycles. The Morgan fingerprint density at radius 3 is 2.52 bits per heavy atom. The van der Waals surface area contributed by atoms with Crippen molar-refractivity contribution in [2.75, 3.05) is 38.5 Å². The second-order valence-corrected chi connectivity index (χ2v) is 9.66. The van der Waals surface area contributed by atoms with Crippen LogP contribution in [0.5, 0.6) is 11.5 Å². The molecular weight excluding hydrogens is 390 g/mol. The third-order valence-electron chi connectivity index (χ3n) is 7.26. The predicted molar refractivity (Wildman–Crippen MR) is 121 cm³/mol. The third-order valence-corrected chi connectivity index (χ3v) is 7.26. The van der Waals surface area contributed by atoms with Gasteiger partial charge in [-0.2, -0.15) is 4.89 Å². The van der Waals surface area contributed by atoms with E-state index in [1.165, 1.54) is 22.3 Å². The number of ether oxygens (including phenoxy) is 1. The molecule has 3 heterocycles. The van der Waals surface area contributed by atoms with Crippen LogP contribution < -0.4 is 15.4 Å². The first-order valence-corrected chi connectivity index (χ1v) is 11.3. The first kappa shape index (κ1) is 20.6. The molecule has 3 aliphatic heterocycles. The molecule has 0 aromatic heterocycles. The average molecular weight is 424 g/mol. The number of anilines is 1. The predicted octanol–water partition coefficient (Wildman–Crippen LogP) is 3.53. The molecule has 1 unspecified atom stereocenters. The van der Waals surface area contributed by atoms with Gasteiger partial charge in [-0.1, -0.05) is 12.1 Å². The number of piperazine rings is 1. The van der Waals surface area contributed by atoms with Crippen LogP contribution in [0.15, 0.2) is 18.2 Å². The molecule has 0 bridgehead atoms. The summed E-state index contributed by atoms with van der Waals surface area (Å²) in [6.45, 7) is 15.3. The van der Waals surface area contributed by atoms with E-state index in [0.717, 1.165) is 74.0 Å². The maximum absolute atomic E-state index is 6.57. The van der Waals surface area contributed by atoms with Crippen LogP contribution in [0.1, 0.15) is 40.3 Å². The normalized spacial score (nSPS) is 23.4. The van der Waals surface area contributed by atoms with Crippen molar-refractivity contribution in [2.45, 2.75) is 52.9 Å². The Morgan fingerprint density at radius 1 is 1.00 bits per heavy atom. The van der Waals surface area contributed by atoms with Crippen molar-refractivity contribution in [2.24, 2.45) is 0 Å². The topological polar surface area (TPSA) is 60.2 Å². The SMILES string of the molecule is Cc1c(C)c2c(c(C)c1N)CC(C)(CN1CCN(Cc3ccc4c(c3)OOC4)CC1)O2. The standard InChI is InChI=1S/C25H33N3O3/c1-16-17(2)24-21(18(3)23(16)26)12-25(4,30-24)15-28-9-7-27(8-10-28)13-19-5-6-20-14-29-31-22(20)11-19/h5-6,11H,7-10,12-15,26H2,1-4H3. The molecule has 6 heteroatoms. The van der Waals surface area contributed by atoms with E-state index in [2.05, 4.69) is 55.7 Å². The minimum atomic E-state index is -0.197. The summed E-state index contributed by atoms with van der Waals surface area (Å²) in [6.07, 6.45) is 0.927. The van der Waals surface area contributed by atoms with Crippen molar-refractivity contribution in [3.63, 3.8) is 0 Å². The largest absolute Gasteiger partial charge is 0.485 e. The highest BCUT2D eigenvalue weighted by Crippen LogP contribution is 2.44. The van der Waals surface area contributed by atoms with Gasteiger partial charge in [-0.3, -0.25) is 9.80 Å². The molecule has 2 aromatic carbocycles. The smallest absolute Gasteiger partial charge is 0.171 e. The highest BCUT2D eigenvalue weighted by atomic mass is 17.2. The fraction of sp³-hybridized carbons (Fsp3) is 0.520. The van der Waals surface area contributed by atoms with E-state index >= 15 is 0 Å². The van der Waals surface area contributed by atoms with Crippen molar-refractivity contribution < 1.29 is 14.5 Å². The van der Waals surface area contributed by atoms with E-state index < -0.39 is 0 Å². The summed E-state index contributed by atoms with van der Waals surface area (Å²) in [7, 11) is 0. The number of benzene rings is 2. The summed E-state index contributed by atoms with van der Waals surface area (Å²) in [6, 6.07) is 6.41. The van der Waals surface area contributed by atoms with Gasteiger partial charge in [0.1, 0.15) is 18.0 Å². The second kappa shape index (κ2) is 7.69. The minimum Gasteiger partial charge on any atom is -0.485 e. The van der Waals surface area contributed by atoms with Gasteiger partial charge in [-0.15, -0.1) is 0 Å². The van der Waals surface area contributed by atoms with Crippen molar-refractivity contribution in [1.82, 2.24) is 9.80 Å². The molecule has 31 heavy (non-hydrogen) atoms. The number of hydrogen-bond donors (Lipinski definition) is 1. The lowest BCUT2D eigenvalue weighted by Gasteiger charge is -2.38. The Balaban J connectivity index is 1.19. The minimum absolute atomic E-state index is 0.197. The highest BCUT2D eigenvalue weighted by Gasteiger charge is 2.39. The molecule has 0 radical (unpaired) electrons. The zero-order valence-electron chi connectivity index (χ0n) is 19.1. The Kier molecular flexibility index (Phi) is 5.12. The number of nitrogen functional groups attached to an aromatic ring is 1. The van der Waals surface area contributed by atoms with Gasteiger partial charge in [-0.25, -0.2) is 0 Å². The summed E-state index contributed by atoms with van der Waals surface area (Å²) in [5.74, 6) is 1.93. The molecule has 0 amide bonds. The Hall–Kier alpha value is -2.28. The third kappa shape index (κ3) is 3.77. The fourth-order valence-corrected chi connectivity index (χ4v) is 5.20. The molecule has 0 spiro atoms. The van der Waals surface area contributed by atoms with Gasteiger partial charge in [0.15, 0.2) is 5.75 Å². The molecule has 6 nitrogen and oxygen atoms in total. The summed E-state index contributed by atoms with van der Waals surface area (Å²) < 4.78 is 6.57. The van der Waals surface area contributed by atoms with Gasteiger partial charge in [-0.05, 0) is 56.0 Å². The molecule has 166 valence electrons. The van der Waals surface area contributed by atoms with Gasteiger partial charge in [0, 0.05) is 62.5 Å². The van der Waals surface area contributed by atoms with E-state index in [-0.39, 0.29) is 5.60 Å². The number of rotatable bonds is 4. The molecular formula is C25H33N3O3. The Bertz CT molecular complexity index is 975. The lowest BCUT2D eigenvalue weighted by atomic mass is 9.91. The van der Waals surface area contributed by atoms with Crippen LogP contribution in [-0.2, 0) is 24.5 Å². The number of fused-ring (bicyclic) bond motifs is 2. The summed E-state index contributed by atoms with van der Waals surface area (Å²) in [4.78, 5) is 15.4. The van der Waals surface area contributed by atoms with Crippen LogP contribution in [0.25, 0.3) is 0 Å². The Morgan fingerprint density at radius 2 is 1.74 bits per heavy atom. The van der Waals surface area contributed by atoms with Crippen LogP contribution >= 0.6 is 0 Å². The summed E-state index contributed by atoms with van der Waals surface area (Å²) in [5, 5.41) is 0. The fourth-order valence-electron chi connectivity index (χ4n) is 5.20. The average Bonchev–Trinajstić information content (AvgIpc) is 3.36. The van der Waals surface area contributed by atoms with Crippen molar-refractivity contribution in [1.29, 1.82) is 0 Å². The first-order valence-electron chi connectivity index (χ1n) is 11.3. The van der Waals surface area contributed by atoms with E-state index in [1.807, 2.05) is 0 Å². The molecule has 1 saturated heterocycles. The van der Waals surface area contributed by atoms with Crippen LogP contribution in [0, 0.1) is 20.8 Å². The van der Waals surface area contributed by atoms with Gasteiger partial charge >= 0.3 is 0 Å². The number of nitrogens with two attached hydrogens (primary N) is 1. The van der Waals surface area contributed by atoms with Crippen LogP contribution in [0.3, 0.4) is 0 Å². The van der Waals surface area contributed by atoms with Crippen LogP contribution in [-0.4, -0.2) is 48.1 Å². The Labute approximate surface area is 184 Å². The van der Waals surface area contributed by atoms with E-state index in [1.54, 1.807) is 0 Å². The maximum Gasteiger partial charge on any atom is 0.171 e. The maximum atomic E-state index is 6.57. The molecule has 2 N–H and O–H groups in total. The van der Waals surface area contributed by atoms with Gasteiger partial charge in [0.05, 0.1) is 0 Å². The second-order valence-electron chi connectivity index (χ2n) is 9.66. The molecule has 1 atom stereocenters. The van der Waals surface area contributed by atoms with Crippen molar-refractivity contribution in [3.8, 4) is 11.5 Å². The summed E-state index contributed by atoms with van der Waals surface area (Å²) >= 11 is 0. The summed E-state index contributed by atoms with van der Waals surface area (Å²) in [5.41, 5.74) is 14.3. The zero-order valence-corrected chi connectivity index (χ0v) is 19.1. The molecule has 5 rings (SSSR count). The quantitative estimate of drug-likeness (QED) is 0.600.